The third-order valence-corrected chi connectivity index (χ3v) is 6.85. The molecule has 0 aromatic heterocycles. The number of amides is 2. The monoisotopic (exact) mass is 525 g/mol. The minimum absolute atomic E-state index is 0.0600. The minimum atomic E-state index is -0.821. The first-order valence-electron chi connectivity index (χ1n) is 13.5. The molecule has 2 aromatic rings. The summed E-state index contributed by atoms with van der Waals surface area (Å²) in [5.41, 5.74) is 2.56. The van der Waals surface area contributed by atoms with Crippen LogP contribution in [0.3, 0.4) is 0 Å². The average Bonchev–Trinajstić information content (AvgIpc) is 3.14. The van der Waals surface area contributed by atoms with Gasteiger partial charge in [0.25, 0.3) is 0 Å². The quantitative estimate of drug-likeness (QED) is 0.231. The molecule has 1 fully saturated rings. The Morgan fingerprint density at radius 2 is 1.58 bits per heavy atom. The van der Waals surface area contributed by atoms with Gasteiger partial charge < -0.3 is 24.4 Å². The van der Waals surface area contributed by atoms with Crippen LogP contribution in [0.15, 0.2) is 36.4 Å². The van der Waals surface area contributed by atoms with Gasteiger partial charge in [0.15, 0.2) is 5.75 Å². The number of anilines is 3. The number of carbonyl (C=O) groups excluding carboxylic acids is 2. The van der Waals surface area contributed by atoms with Crippen molar-refractivity contribution >= 4 is 29.2 Å². The Balaban J connectivity index is 2.06. The summed E-state index contributed by atoms with van der Waals surface area (Å²) in [5.74, 6) is 0.812. The van der Waals surface area contributed by atoms with E-state index in [1.807, 2.05) is 75.0 Å². The predicted octanol–water partition coefficient (Wildman–Crippen LogP) is 7.36. The van der Waals surface area contributed by atoms with E-state index in [1.165, 1.54) is 12.8 Å². The molecule has 2 amide bonds. The summed E-state index contributed by atoms with van der Waals surface area (Å²) >= 11 is 0. The van der Waals surface area contributed by atoms with E-state index in [0.717, 1.165) is 42.6 Å². The number of hydrogen-bond acceptors (Lipinski definition) is 6. The first-order valence-corrected chi connectivity index (χ1v) is 13.5. The van der Waals surface area contributed by atoms with Crippen LogP contribution in [0.4, 0.5) is 26.7 Å². The summed E-state index contributed by atoms with van der Waals surface area (Å²) in [4.78, 5) is 30.4. The third-order valence-electron chi connectivity index (χ3n) is 6.85. The minimum Gasteiger partial charge on any atom is -0.497 e. The maximum Gasteiger partial charge on any atom is 0.513 e. The highest BCUT2D eigenvalue weighted by atomic mass is 16.7. The number of rotatable bonds is 7. The molecule has 3 rings (SSSR count). The van der Waals surface area contributed by atoms with Gasteiger partial charge in [0.05, 0.1) is 19.4 Å². The molecule has 2 aromatic carbocycles. The largest absolute Gasteiger partial charge is 0.513 e. The van der Waals surface area contributed by atoms with Crippen molar-refractivity contribution in [2.45, 2.75) is 77.7 Å². The van der Waals surface area contributed by atoms with Crippen molar-refractivity contribution in [1.29, 1.82) is 0 Å². The first kappa shape index (κ1) is 29.1. The van der Waals surface area contributed by atoms with Gasteiger partial charge >= 0.3 is 12.2 Å². The lowest BCUT2D eigenvalue weighted by atomic mass is 9.85. The van der Waals surface area contributed by atoms with Crippen molar-refractivity contribution in [3.63, 3.8) is 0 Å². The molecule has 0 heterocycles. The number of methoxy groups -OCH3 is 1. The zero-order valence-electron chi connectivity index (χ0n) is 23.9. The molecule has 8 nitrogen and oxygen atoms in total. The van der Waals surface area contributed by atoms with Crippen molar-refractivity contribution in [2.75, 3.05) is 42.9 Å². The number of carbonyl (C=O) groups is 2. The van der Waals surface area contributed by atoms with E-state index >= 15 is 0 Å². The highest BCUT2D eigenvalue weighted by Crippen LogP contribution is 2.41. The molecule has 0 atom stereocenters. The molecule has 0 saturated heterocycles. The molecule has 0 unspecified atom stereocenters. The van der Waals surface area contributed by atoms with Gasteiger partial charge in [-0.15, -0.1) is 0 Å². The highest BCUT2D eigenvalue weighted by molar-refractivity contribution is 6.03. The van der Waals surface area contributed by atoms with Crippen LogP contribution in [0.1, 0.15) is 71.8 Å². The van der Waals surface area contributed by atoms with E-state index in [2.05, 4.69) is 5.32 Å². The second kappa shape index (κ2) is 12.9. The predicted molar refractivity (Wildman–Crippen MR) is 153 cm³/mol. The number of benzene rings is 2. The average molecular weight is 526 g/mol. The molecule has 0 bridgehead atoms. The number of urea groups is 1. The molecule has 0 aliphatic heterocycles. The molecule has 1 saturated carbocycles. The first-order chi connectivity index (χ1) is 18.0. The number of ether oxygens (including phenoxy) is 3. The van der Waals surface area contributed by atoms with Crippen LogP contribution in [-0.2, 0) is 10.2 Å². The maximum absolute atomic E-state index is 14.1. The van der Waals surface area contributed by atoms with Gasteiger partial charge in [-0.3, -0.25) is 4.90 Å². The summed E-state index contributed by atoms with van der Waals surface area (Å²) in [6, 6.07) is 11.3. The van der Waals surface area contributed by atoms with E-state index in [1.54, 1.807) is 20.1 Å². The highest BCUT2D eigenvalue weighted by Gasteiger charge is 2.30. The van der Waals surface area contributed by atoms with Crippen LogP contribution in [0.5, 0.6) is 11.5 Å². The van der Waals surface area contributed by atoms with Crippen molar-refractivity contribution in [3.05, 3.63) is 42.0 Å². The second-order valence-electron chi connectivity index (χ2n) is 10.9. The normalized spacial score (nSPS) is 14.3. The number of hydrogen-bond donors (Lipinski definition) is 1. The molecule has 0 radical (unpaired) electrons. The van der Waals surface area contributed by atoms with E-state index < -0.39 is 11.6 Å². The van der Waals surface area contributed by atoms with Gasteiger partial charge in [-0.25, -0.2) is 9.59 Å². The maximum atomic E-state index is 14.1. The number of nitrogens with zero attached hydrogens (tertiary/aromatic N) is 2. The van der Waals surface area contributed by atoms with Crippen LogP contribution in [0, 0.1) is 0 Å². The standard InChI is InChI=1S/C30H43N3O5/c1-8-37-29(35)38-27-25(30(2,3)4)19-24(36-7)20-26(27)31-28(34)33(22-13-11-9-10-12-14-22)23-17-15-21(16-18-23)32(5)6/h15-20,22H,8-14H2,1-7H3,(H,31,34). The zero-order valence-corrected chi connectivity index (χ0v) is 23.9. The Morgan fingerprint density at radius 3 is 2.11 bits per heavy atom. The SMILES string of the molecule is CCOC(=O)Oc1c(NC(=O)N(c2ccc(N(C)C)cc2)C2CCCCCC2)cc(OC)cc1C(C)(C)C. The summed E-state index contributed by atoms with van der Waals surface area (Å²) < 4.78 is 16.3. The van der Waals surface area contributed by atoms with Crippen molar-refractivity contribution < 1.29 is 23.8 Å². The summed E-state index contributed by atoms with van der Waals surface area (Å²) in [7, 11) is 5.56. The molecule has 0 spiro atoms. The van der Waals surface area contributed by atoms with Crippen molar-refractivity contribution in [1.82, 2.24) is 0 Å². The Kier molecular flexibility index (Phi) is 9.89. The molecule has 1 N–H and O–H groups in total. The lowest BCUT2D eigenvalue weighted by Gasteiger charge is -2.32. The fourth-order valence-electron chi connectivity index (χ4n) is 4.81. The van der Waals surface area contributed by atoms with E-state index in [4.69, 9.17) is 14.2 Å². The van der Waals surface area contributed by atoms with Gasteiger partial charge in [-0.2, -0.15) is 0 Å². The lowest BCUT2D eigenvalue weighted by molar-refractivity contribution is 0.104. The molecule has 1 aliphatic carbocycles. The third kappa shape index (κ3) is 7.33. The van der Waals surface area contributed by atoms with Crippen LogP contribution in [-0.4, -0.2) is 46.0 Å². The number of nitrogens with one attached hydrogen (secondary N) is 1. The Hall–Kier alpha value is -3.42. The van der Waals surface area contributed by atoms with E-state index in [9.17, 15) is 9.59 Å². The fourth-order valence-corrected chi connectivity index (χ4v) is 4.81. The summed E-state index contributed by atoms with van der Waals surface area (Å²) in [6.07, 6.45) is 5.55. The molecular weight excluding hydrogens is 482 g/mol. The smallest absolute Gasteiger partial charge is 0.497 e. The molecule has 208 valence electrons. The van der Waals surface area contributed by atoms with E-state index in [0.29, 0.717) is 11.4 Å². The van der Waals surface area contributed by atoms with Gasteiger partial charge in [0, 0.05) is 43.1 Å². The Labute approximate surface area is 227 Å². The van der Waals surface area contributed by atoms with Crippen LogP contribution < -0.4 is 24.6 Å². The topological polar surface area (TPSA) is 80.3 Å². The Morgan fingerprint density at radius 1 is 0.974 bits per heavy atom. The van der Waals surface area contributed by atoms with Crippen molar-refractivity contribution in [2.24, 2.45) is 0 Å². The molecule has 38 heavy (non-hydrogen) atoms. The molecular formula is C30H43N3O5. The summed E-state index contributed by atoms with van der Waals surface area (Å²) in [5, 5.41) is 3.06. The zero-order chi connectivity index (χ0) is 27.9. The van der Waals surface area contributed by atoms with Gasteiger partial charge in [-0.05, 0) is 55.5 Å². The fraction of sp³-hybridized carbons (Fsp3) is 0.533. The van der Waals surface area contributed by atoms with Crippen LogP contribution >= 0.6 is 0 Å². The summed E-state index contributed by atoms with van der Waals surface area (Å²) in [6.45, 7) is 7.93. The van der Waals surface area contributed by atoms with Crippen molar-refractivity contribution in [3.8, 4) is 11.5 Å². The van der Waals surface area contributed by atoms with Gasteiger partial charge in [0.1, 0.15) is 5.75 Å². The molecule has 8 heteroatoms. The van der Waals surface area contributed by atoms with Gasteiger partial charge in [-0.1, -0.05) is 46.5 Å². The van der Waals surface area contributed by atoms with E-state index in [-0.39, 0.29) is 24.4 Å². The van der Waals surface area contributed by atoms with Crippen LogP contribution in [0.2, 0.25) is 0 Å². The van der Waals surface area contributed by atoms with Crippen LogP contribution in [0.25, 0.3) is 0 Å². The molecule has 1 aliphatic rings. The second-order valence-corrected chi connectivity index (χ2v) is 10.9. The lowest BCUT2D eigenvalue weighted by Crippen LogP contribution is -2.43. The van der Waals surface area contributed by atoms with Gasteiger partial charge in [0.2, 0.25) is 0 Å². The Bertz CT molecular complexity index is 1080.